The highest BCUT2D eigenvalue weighted by Gasteiger charge is 2.79. The highest BCUT2D eigenvalue weighted by atomic mass is 16.5. The van der Waals surface area contributed by atoms with E-state index in [1.54, 1.807) is 26.9 Å². The Labute approximate surface area is 245 Å². The van der Waals surface area contributed by atoms with E-state index in [1.165, 1.54) is 0 Å². The van der Waals surface area contributed by atoms with Crippen LogP contribution in [0.4, 0.5) is 0 Å². The first kappa shape index (κ1) is 31.0. The van der Waals surface area contributed by atoms with Crippen LogP contribution in [-0.4, -0.2) is 86.0 Å². The quantitative estimate of drug-likeness (QED) is 0.413. The summed E-state index contributed by atoms with van der Waals surface area (Å²) in [7, 11) is 0. The SMILES string of the molecule is C=CCN(Cc1ccccc1)C(=O)[C@@H]1[C@H]2C(=O)N([C@@H](CO)C(C)C)C(C(=O)N(CC=C)C(C)(C)C)C23CC[C@@]1(C)O3. The van der Waals surface area contributed by atoms with Crippen molar-refractivity contribution < 1.29 is 24.2 Å². The van der Waals surface area contributed by atoms with Gasteiger partial charge in [0.25, 0.3) is 0 Å². The van der Waals surface area contributed by atoms with Crippen LogP contribution >= 0.6 is 0 Å². The van der Waals surface area contributed by atoms with Gasteiger partial charge in [0.2, 0.25) is 17.7 Å². The fraction of sp³-hybridized carbons (Fsp3) is 0.606. The van der Waals surface area contributed by atoms with Gasteiger partial charge in [-0.3, -0.25) is 14.4 Å². The van der Waals surface area contributed by atoms with Crippen molar-refractivity contribution in [1.82, 2.24) is 14.7 Å². The molecule has 41 heavy (non-hydrogen) atoms. The minimum absolute atomic E-state index is 0.116. The minimum atomic E-state index is -1.16. The molecule has 0 aromatic heterocycles. The number of benzene rings is 1. The van der Waals surface area contributed by atoms with Crippen LogP contribution < -0.4 is 0 Å². The van der Waals surface area contributed by atoms with Crippen LogP contribution in [0.2, 0.25) is 0 Å². The molecule has 3 saturated heterocycles. The third-order valence-corrected chi connectivity index (χ3v) is 9.29. The van der Waals surface area contributed by atoms with Gasteiger partial charge in [-0.25, -0.2) is 0 Å². The number of hydrogen-bond donors (Lipinski definition) is 1. The summed E-state index contributed by atoms with van der Waals surface area (Å²) in [6.07, 6.45) is 4.42. The largest absolute Gasteiger partial charge is 0.394 e. The number of carbonyl (C=O) groups is 3. The van der Waals surface area contributed by atoms with Gasteiger partial charge in [-0.05, 0) is 52.0 Å². The number of amides is 3. The molecule has 6 atom stereocenters. The second-order valence-electron chi connectivity index (χ2n) is 13.4. The highest BCUT2D eigenvalue weighted by Crippen LogP contribution is 2.64. The van der Waals surface area contributed by atoms with Crippen molar-refractivity contribution in [3.8, 4) is 0 Å². The Morgan fingerprint density at radius 2 is 1.76 bits per heavy atom. The molecule has 3 aliphatic heterocycles. The molecule has 1 aromatic carbocycles. The third-order valence-electron chi connectivity index (χ3n) is 9.29. The predicted molar refractivity (Wildman–Crippen MR) is 158 cm³/mol. The first-order chi connectivity index (χ1) is 19.3. The van der Waals surface area contributed by atoms with Crippen molar-refractivity contribution >= 4 is 17.7 Å². The number of ether oxygens (including phenoxy) is 1. The van der Waals surface area contributed by atoms with Gasteiger partial charge in [-0.2, -0.15) is 0 Å². The van der Waals surface area contributed by atoms with Crippen molar-refractivity contribution in [3.05, 3.63) is 61.2 Å². The van der Waals surface area contributed by atoms with E-state index >= 15 is 0 Å². The molecule has 8 nitrogen and oxygen atoms in total. The molecule has 3 heterocycles. The normalized spacial score (nSPS) is 29.4. The predicted octanol–water partition coefficient (Wildman–Crippen LogP) is 3.80. The molecule has 224 valence electrons. The molecule has 1 N–H and O–H groups in total. The molecule has 3 fully saturated rings. The topological polar surface area (TPSA) is 90.4 Å². The van der Waals surface area contributed by atoms with Crippen LogP contribution in [0.1, 0.15) is 59.9 Å². The first-order valence-electron chi connectivity index (χ1n) is 14.8. The number of aliphatic hydroxyl groups is 1. The molecule has 2 bridgehead atoms. The summed E-state index contributed by atoms with van der Waals surface area (Å²) in [5.41, 5.74) is -1.63. The molecule has 3 amide bonds. The fourth-order valence-electron chi connectivity index (χ4n) is 7.36. The van der Waals surface area contributed by atoms with E-state index in [0.29, 0.717) is 32.5 Å². The lowest BCUT2D eigenvalue weighted by Gasteiger charge is -2.44. The molecular weight excluding hydrogens is 518 g/mol. The highest BCUT2D eigenvalue weighted by molar-refractivity contribution is 5.99. The second-order valence-corrected chi connectivity index (χ2v) is 13.4. The number of likely N-dealkylation sites (tertiary alicyclic amines) is 1. The Morgan fingerprint density at radius 3 is 2.29 bits per heavy atom. The maximum atomic E-state index is 14.6. The Hall–Kier alpha value is -2.97. The van der Waals surface area contributed by atoms with Crippen LogP contribution in [0.3, 0.4) is 0 Å². The Kier molecular flexibility index (Phi) is 8.59. The van der Waals surface area contributed by atoms with Crippen molar-refractivity contribution in [2.45, 2.75) is 89.8 Å². The van der Waals surface area contributed by atoms with Gasteiger partial charge >= 0.3 is 0 Å². The molecule has 1 aromatic rings. The van der Waals surface area contributed by atoms with Gasteiger partial charge < -0.3 is 24.5 Å². The minimum Gasteiger partial charge on any atom is -0.394 e. The standard InChI is InChI=1S/C33H47N3O5/c1-9-18-34(20-23-14-12-11-13-15-23)28(38)25-26-29(39)36(24(21-37)22(3)4)27(33(26)17-16-32(25,8)41-33)30(40)35(19-10-2)31(5,6)7/h9-15,22,24-27,37H,1-2,16-21H2,3-8H3/t24-,25-,26-,27?,32+,33?/m0/s1. The lowest BCUT2D eigenvalue weighted by atomic mass is 9.66. The van der Waals surface area contributed by atoms with Crippen molar-refractivity contribution in [1.29, 1.82) is 0 Å². The van der Waals surface area contributed by atoms with Gasteiger partial charge in [0.1, 0.15) is 11.6 Å². The number of rotatable bonds is 11. The van der Waals surface area contributed by atoms with E-state index in [0.717, 1.165) is 5.56 Å². The monoisotopic (exact) mass is 565 g/mol. The van der Waals surface area contributed by atoms with E-state index in [4.69, 9.17) is 4.74 Å². The van der Waals surface area contributed by atoms with Gasteiger partial charge in [-0.15, -0.1) is 13.2 Å². The number of hydrogen-bond acceptors (Lipinski definition) is 5. The molecular formula is C33H47N3O5. The lowest BCUT2D eigenvalue weighted by Crippen LogP contribution is -2.62. The smallest absolute Gasteiger partial charge is 0.249 e. The third kappa shape index (κ3) is 5.14. The van der Waals surface area contributed by atoms with Gasteiger partial charge in [0.15, 0.2) is 0 Å². The zero-order valence-corrected chi connectivity index (χ0v) is 25.5. The summed E-state index contributed by atoms with van der Waals surface area (Å²) in [6, 6.07) is 8.18. The first-order valence-corrected chi connectivity index (χ1v) is 14.8. The second kappa shape index (κ2) is 11.4. The van der Waals surface area contributed by atoms with E-state index in [1.807, 2.05) is 71.9 Å². The molecule has 4 rings (SSSR count). The van der Waals surface area contributed by atoms with E-state index in [-0.39, 0.29) is 30.2 Å². The zero-order valence-electron chi connectivity index (χ0n) is 25.5. The fourth-order valence-corrected chi connectivity index (χ4v) is 7.36. The average molecular weight is 566 g/mol. The summed E-state index contributed by atoms with van der Waals surface area (Å²) >= 11 is 0. The Balaban J connectivity index is 1.82. The van der Waals surface area contributed by atoms with Crippen LogP contribution in [0.25, 0.3) is 0 Å². The summed E-state index contributed by atoms with van der Waals surface area (Å²) in [6.45, 7) is 20.1. The molecule has 1 spiro atoms. The van der Waals surface area contributed by atoms with Crippen LogP contribution in [0.15, 0.2) is 55.6 Å². The molecule has 3 aliphatic rings. The molecule has 0 saturated carbocycles. The molecule has 8 heteroatoms. The van der Waals surface area contributed by atoms with Crippen molar-refractivity contribution in [2.24, 2.45) is 17.8 Å². The average Bonchev–Trinajstić information content (AvgIpc) is 3.47. The summed E-state index contributed by atoms with van der Waals surface area (Å²) in [4.78, 5) is 48.6. The van der Waals surface area contributed by atoms with Crippen LogP contribution in [-0.2, 0) is 25.7 Å². The number of carbonyl (C=O) groups excluding carboxylic acids is 3. The van der Waals surface area contributed by atoms with Crippen LogP contribution in [0.5, 0.6) is 0 Å². The molecule has 0 aliphatic carbocycles. The van der Waals surface area contributed by atoms with E-state index < -0.39 is 40.7 Å². The van der Waals surface area contributed by atoms with Gasteiger partial charge in [0.05, 0.1) is 30.1 Å². The number of aliphatic hydroxyl groups excluding tert-OH is 1. The van der Waals surface area contributed by atoms with Crippen LogP contribution in [0, 0.1) is 17.8 Å². The molecule has 0 radical (unpaired) electrons. The summed E-state index contributed by atoms with van der Waals surface area (Å²) < 4.78 is 6.84. The van der Waals surface area contributed by atoms with Gasteiger partial charge in [0, 0.05) is 25.2 Å². The Morgan fingerprint density at radius 1 is 1.12 bits per heavy atom. The lowest BCUT2D eigenvalue weighted by molar-refractivity contribution is -0.160. The van der Waals surface area contributed by atoms with Crippen molar-refractivity contribution in [2.75, 3.05) is 19.7 Å². The maximum Gasteiger partial charge on any atom is 0.249 e. The molecule has 2 unspecified atom stereocenters. The van der Waals surface area contributed by atoms with Crippen molar-refractivity contribution in [3.63, 3.8) is 0 Å². The van der Waals surface area contributed by atoms with E-state index in [9.17, 15) is 19.5 Å². The summed E-state index contributed by atoms with van der Waals surface area (Å²) in [5, 5.41) is 10.5. The summed E-state index contributed by atoms with van der Waals surface area (Å²) in [5.74, 6) is -2.41. The number of fused-ring (bicyclic) bond motifs is 1. The number of nitrogens with zero attached hydrogens (tertiary/aromatic N) is 3. The Bertz CT molecular complexity index is 1180. The maximum absolute atomic E-state index is 14.6. The van der Waals surface area contributed by atoms with Gasteiger partial charge in [-0.1, -0.05) is 56.3 Å². The zero-order chi connectivity index (χ0) is 30.3. The van der Waals surface area contributed by atoms with E-state index in [2.05, 4.69) is 13.2 Å².